The van der Waals surface area contributed by atoms with Crippen LogP contribution in [0.15, 0.2) is 22.7 Å². The molecule has 19 heavy (non-hydrogen) atoms. The molecule has 2 aromatic rings. The van der Waals surface area contributed by atoms with Gasteiger partial charge in [0.15, 0.2) is 5.82 Å². The molecule has 1 aromatic carbocycles. The van der Waals surface area contributed by atoms with Gasteiger partial charge in [0.1, 0.15) is 0 Å². The summed E-state index contributed by atoms with van der Waals surface area (Å²) in [6.45, 7) is 8.26. The molecule has 102 valence electrons. The number of hydrogen-bond acceptors (Lipinski definition) is 4. The van der Waals surface area contributed by atoms with Gasteiger partial charge in [-0.15, -0.1) is 0 Å². The molecular weight excluding hydrogens is 238 g/mol. The van der Waals surface area contributed by atoms with E-state index in [0.29, 0.717) is 24.1 Å². The van der Waals surface area contributed by atoms with Crippen LogP contribution in [0.4, 0.5) is 0 Å². The quantitative estimate of drug-likeness (QED) is 0.916. The molecule has 1 atom stereocenters. The molecule has 1 heterocycles. The third kappa shape index (κ3) is 3.20. The van der Waals surface area contributed by atoms with E-state index in [-0.39, 0.29) is 6.04 Å². The van der Waals surface area contributed by atoms with Crippen molar-refractivity contribution in [2.45, 2.75) is 40.2 Å². The molecular formula is C15H21N3O. The summed E-state index contributed by atoms with van der Waals surface area (Å²) >= 11 is 0. The number of benzene rings is 1. The summed E-state index contributed by atoms with van der Waals surface area (Å²) in [5.41, 5.74) is 9.70. The van der Waals surface area contributed by atoms with Crippen molar-refractivity contribution in [1.82, 2.24) is 10.1 Å². The fraction of sp³-hybridized carbons (Fsp3) is 0.467. The van der Waals surface area contributed by atoms with Crippen molar-refractivity contribution >= 4 is 0 Å². The first-order valence-electron chi connectivity index (χ1n) is 6.61. The molecule has 2 rings (SSSR count). The molecule has 0 bridgehead atoms. The van der Waals surface area contributed by atoms with E-state index in [1.807, 2.05) is 13.8 Å². The number of aromatic nitrogens is 2. The van der Waals surface area contributed by atoms with E-state index in [1.54, 1.807) is 0 Å². The molecule has 1 aromatic heterocycles. The molecule has 0 fully saturated rings. The van der Waals surface area contributed by atoms with Crippen LogP contribution in [0.25, 0.3) is 0 Å². The molecule has 0 radical (unpaired) electrons. The van der Waals surface area contributed by atoms with Crippen LogP contribution < -0.4 is 5.73 Å². The van der Waals surface area contributed by atoms with Gasteiger partial charge in [0.2, 0.25) is 5.89 Å². The van der Waals surface area contributed by atoms with Gasteiger partial charge in [-0.25, -0.2) is 0 Å². The zero-order valence-corrected chi connectivity index (χ0v) is 12.0. The molecule has 0 aliphatic rings. The molecule has 4 nitrogen and oxygen atoms in total. The molecule has 0 spiro atoms. The van der Waals surface area contributed by atoms with Gasteiger partial charge < -0.3 is 10.3 Å². The second kappa shape index (κ2) is 5.53. The summed E-state index contributed by atoms with van der Waals surface area (Å²) in [6, 6.07) is 6.20. The Kier molecular flexibility index (Phi) is 4.00. The Bertz CT molecular complexity index is 560. The monoisotopic (exact) mass is 259 g/mol. The molecule has 0 aliphatic heterocycles. The molecule has 0 saturated carbocycles. The Morgan fingerprint density at radius 3 is 2.68 bits per heavy atom. The molecule has 4 heteroatoms. The van der Waals surface area contributed by atoms with Crippen molar-refractivity contribution < 1.29 is 4.52 Å². The van der Waals surface area contributed by atoms with Gasteiger partial charge in [-0.05, 0) is 30.9 Å². The zero-order chi connectivity index (χ0) is 14.0. The van der Waals surface area contributed by atoms with Gasteiger partial charge in [-0.1, -0.05) is 42.8 Å². The first-order chi connectivity index (χ1) is 8.97. The lowest BCUT2D eigenvalue weighted by Crippen LogP contribution is -2.18. The lowest BCUT2D eigenvalue weighted by atomic mass is 10.0. The van der Waals surface area contributed by atoms with Crippen LogP contribution in [0.1, 0.15) is 48.3 Å². The number of rotatable bonds is 4. The van der Waals surface area contributed by atoms with E-state index < -0.39 is 0 Å². The maximum atomic E-state index is 6.01. The first-order valence-corrected chi connectivity index (χ1v) is 6.61. The van der Waals surface area contributed by atoms with Crippen LogP contribution in [0.2, 0.25) is 0 Å². The summed E-state index contributed by atoms with van der Waals surface area (Å²) < 4.78 is 5.29. The molecule has 1 unspecified atom stereocenters. The molecule has 0 saturated heterocycles. The minimum absolute atomic E-state index is 0.170. The predicted octanol–water partition coefficient (Wildman–Crippen LogP) is 2.93. The van der Waals surface area contributed by atoms with Crippen molar-refractivity contribution in [1.29, 1.82) is 0 Å². The molecule has 0 aliphatic carbocycles. The van der Waals surface area contributed by atoms with Crippen molar-refractivity contribution in [3.05, 3.63) is 46.6 Å². The highest BCUT2D eigenvalue weighted by Gasteiger charge is 2.17. The summed E-state index contributed by atoms with van der Waals surface area (Å²) in [5, 5.41) is 3.97. The maximum absolute atomic E-state index is 6.01. The van der Waals surface area contributed by atoms with Gasteiger partial charge in [0.25, 0.3) is 0 Å². The normalized spacial score (nSPS) is 12.9. The highest BCUT2D eigenvalue weighted by molar-refractivity contribution is 5.32. The maximum Gasteiger partial charge on any atom is 0.231 e. The topological polar surface area (TPSA) is 64.9 Å². The summed E-state index contributed by atoms with van der Waals surface area (Å²) in [7, 11) is 0. The number of nitrogens with zero attached hydrogens (tertiary/aromatic N) is 2. The lowest BCUT2D eigenvalue weighted by molar-refractivity contribution is 0.368. The van der Waals surface area contributed by atoms with Crippen LogP contribution in [0.5, 0.6) is 0 Å². The second-order valence-corrected chi connectivity index (χ2v) is 5.42. The van der Waals surface area contributed by atoms with Crippen molar-refractivity contribution in [2.75, 3.05) is 0 Å². The second-order valence-electron chi connectivity index (χ2n) is 5.42. The fourth-order valence-corrected chi connectivity index (χ4v) is 1.93. The van der Waals surface area contributed by atoms with Crippen LogP contribution in [0, 0.1) is 19.8 Å². The van der Waals surface area contributed by atoms with Gasteiger partial charge in [0, 0.05) is 0 Å². The van der Waals surface area contributed by atoms with Crippen LogP contribution in [-0.2, 0) is 6.42 Å². The number of aryl methyl sites for hydroxylation is 2. The van der Waals surface area contributed by atoms with Gasteiger partial charge >= 0.3 is 0 Å². The van der Waals surface area contributed by atoms with Crippen LogP contribution >= 0.6 is 0 Å². The lowest BCUT2D eigenvalue weighted by Gasteiger charge is -2.09. The number of hydrogen-bond donors (Lipinski definition) is 1. The zero-order valence-electron chi connectivity index (χ0n) is 12.0. The van der Waals surface area contributed by atoms with Gasteiger partial charge in [-0.3, -0.25) is 0 Å². The standard InChI is InChI=1S/C15H21N3O/c1-9(2)14(16)15-17-13(19-18-15)8-12-7-10(3)5-6-11(12)4/h5-7,9,14H,8,16H2,1-4H3. The van der Waals surface area contributed by atoms with E-state index in [9.17, 15) is 0 Å². The van der Waals surface area contributed by atoms with E-state index in [0.717, 1.165) is 0 Å². The van der Waals surface area contributed by atoms with Crippen molar-refractivity contribution in [3.63, 3.8) is 0 Å². The van der Waals surface area contributed by atoms with Crippen LogP contribution in [0.3, 0.4) is 0 Å². The summed E-state index contributed by atoms with van der Waals surface area (Å²) in [4.78, 5) is 4.39. The highest BCUT2D eigenvalue weighted by atomic mass is 16.5. The highest BCUT2D eigenvalue weighted by Crippen LogP contribution is 2.18. The minimum Gasteiger partial charge on any atom is -0.339 e. The van der Waals surface area contributed by atoms with Crippen molar-refractivity contribution in [3.8, 4) is 0 Å². The average Bonchev–Trinajstić information content (AvgIpc) is 2.81. The van der Waals surface area contributed by atoms with Gasteiger partial charge in [-0.2, -0.15) is 4.98 Å². The van der Waals surface area contributed by atoms with Crippen molar-refractivity contribution in [2.24, 2.45) is 11.7 Å². The Morgan fingerprint density at radius 2 is 2.00 bits per heavy atom. The summed E-state index contributed by atoms with van der Waals surface area (Å²) in [6.07, 6.45) is 0.658. The molecule has 2 N–H and O–H groups in total. The minimum atomic E-state index is -0.170. The predicted molar refractivity (Wildman–Crippen MR) is 74.8 cm³/mol. The Balaban J connectivity index is 2.18. The van der Waals surface area contributed by atoms with Crippen LogP contribution in [-0.4, -0.2) is 10.1 Å². The van der Waals surface area contributed by atoms with Gasteiger partial charge in [0.05, 0.1) is 12.5 Å². The third-order valence-electron chi connectivity index (χ3n) is 3.35. The van der Waals surface area contributed by atoms with E-state index >= 15 is 0 Å². The SMILES string of the molecule is Cc1ccc(C)c(Cc2nc(C(N)C(C)C)no2)c1. The summed E-state index contributed by atoms with van der Waals surface area (Å²) in [5.74, 6) is 1.52. The Morgan fingerprint density at radius 1 is 1.26 bits per heavy atom. The first kappa shape index (κ1) is 13.7. The van der Waals surface area contributed by atoms with E-state index in [4.69, 9.17) is 10.3 Å². The van der Waals surface area contributed by atoms with E-state index in [1.165, 1.54) is 16.7 Å². The number of nitrogens with two attached hydrogens (primary N) is 1. The third-order valence-corrected chi connectivity index (χ3v) is 3.35. The molecule has 0 amide bonds. The fourth-order valence-electron chi connectivity index (χ4n) is 1.93. The Labute approximate surface area is 114 Å². The van der Waals surface area contributed by atoms with E-state index in [2.05, 4.69) is 42.2 Å². The average molecular weight is 259 g/mol. The largest absolute Gasteiger partial charge is 0.339 e. The smallest absolute Gasteiger partial charge is 0.231 e. The Hall–Kier alpha value is -1.68.